The molecule has 134 valence electrons. The summed E-state index contributed by atoms with van der Waals surface area (Å²) in [5, 5.41) is 3.57. The summed E-state index contributed by atoms with van der Waals surface area (Å²) in [5.41, 5.74) is 0. The standard InChI is InChI=1S/C18H19Cl2NO4/c1-2-23-14-4-3-5-15(11-14)24-9-8-21-18(22)12-25-17-7-6-13(19)10-16(17)20/h3-7,10-11H,2,8-9,12H2,1H3,(H,21,22). The maximum absolute atomic E-state index is 11.8. The van der Waals surface area contributed by atoms with Crippen molar-refractivity contribution < 1.29 is 19.0 Å². The molecule has 5 nitrogen and oxygen atoms in total. The van der Waals surface area contributed by atoms with E-state index < -0.39 is 0 Å². The molecular formula is C18H19Cl2NO4. The molecule has 0 unspecified atom stereocenters. The largest absolute Gasteiger partial charge is 0.494 e. The van der Waals surface area contributed by atoms with Crippen LogP contribution in [0.5, 0.6) is 17.2 Å². The van der Waals surface area contributed by atoms with E-state index in [2.05, 4.69) is 5.32 Å². The lowest BCUT2D eigenvalue weighted by Gasteiger charge is -2.10. The van der Waals surface area contributed by atoms with Crippen LogP contribution in [0.15, 0.2) is 42.5 Å². The van der Waals surface area contributed by atoms with Crippen LogP contribution in [-0.2, 0) is 4.79 Å². The number of benzene rings is 2. The molecule has 2 aromatic carbocycles. The smallest absolute Gasteiger partial charge is 0.258 e. The lowest BCUT2D eigenvalue weighted by Crippen LogP contribution is -2.32. The van der Waals surface area contributed by atoms with Crippen molar-refractivity contribution in [2.75, 3.05) is 26.4 Å². The second kappa shape index (κ2) is 10.0. The number of hydrogen-bond donors (Lipinski definition) is 1. The van der Waals surface area contributed by atoms with Gasteiger partial charge in [-0.05, 0) is 37.3 Å². The Balaban J connectivity index is 1.67. The van der Waals surface area contributed by atoms with Crippen LogP contribution < -0.4 is 19.5 Å². The molecule has 0 aliphatic heterocycles. The van der Waals surface area contributed by atoms with Crippen molar-refractivity contribution >= 4 is 29.1 Å². The van der Waals surface area contributed by atoms with E-state index in [9.17, 15) is 4.79 Å². The molecule has 0 saturated heterocycles. The van der Waals surface area contributed by atoms with Crippen LogP contribution in [0.4, 0.5) is 0 Å². The van der Waals surface area contributed by atoms with E-state index in [1.54, 1.807) is 24.3 Å². The van der Waals surface area contributed by atoms with Gasteiger partial charge in [0.15, 0.2) is 6.61 Å². The second-order valence-electron chi connectivity index (χ2n) is 4.97. The third-order valence-electron chi connectivity index (χ3n) is 3.06. The van der Waals surface area contributed by atoms with E-state index in [1.165, 1.54) is 0 Å². The Labute approximate surface area is 156 Å². The van der Waals surface area contributed by atoms with Crippen molar-refractivity contribution in [3.8, 4) is 17.2 Å². The van der Waals surface area contributed by atoms with Crippen molar-refractivity contribution in [3.63, 3.8) is 0 Å². The van der Waals surface area contributed by atoms with Gasteiger partial charge in [0, 0.05) is 11.1 Å². The highest BCUT2D eigenvalue weighted by molar-refractivity contribution is 6.35. The lowest BCUT2D eigenvalue weighted by atomic mass is 10.3. The number of carbonyl (C=O) groups is 1. The summed E-state index contributed by atoms with van der Waals surface area (Å²) in [7, 11) is 0. The summed E-state index contributed by atoms with van der Waals surface area (Å²) in [4.78, 5) is 11.8. The first-order valence-electron chi connectivity index (χ1n) is 7.78. The molecule has 1 N–H and O–H groups in total. The minimum absolute atomic E-state index is 0.138. The van der Waals surface area contributed by atoms with Crippen LogP contribution in [0.25, 0.3) is 0 Å². The summed E-state index contributed by atoms with van der Waals surface area (Å²) in [6.07, 6.45) is 0. The fourth-order valence-corrected chi connectivity index (χ4v) is 2.43. The van der Waals surface area contributed by atoms with E-state index in [4.69, 9.17) is 37.4 Å². The van der Waals surface area contributed by atoms with Crippen LogP contribution in [0.1, 0.15) is 6.92 Å². The highest BCUT2D eigenvalue weighted by atomic mass is 35.5. The van der Waals surface area contributed by atoms with Gasteiger partial charge < -0.3 is 19.5 Å². The van der Waals surface area contributed by atoms with E-state index in [0.29, 0.717) is 41.3 Å². The van der Waals surface area contributed by atoms with Gasteiger partial charge >= 0.3 is 0 Å². The molecular weight excluding hydrogens is 365 g/mol. The zero-order valence-corrected chi connectivity index (χ0v) is 15.3. The van der Waals surface area contributed by atoms with E-state index in [-0.39, 0.29) is 12.5 Å². The minimum Gasteiger partial charge on any atom is -0.494 e. The Hall–Kier alpha value is -2.11. The first-order chi connectivity index (χ1) is 12.1. The number of rotatable bonds is 9. The quantitative estimate of drug-likeness (QED) is 0.665. The Kier molecular flexibility index (Phi) is 7.70. The van der Waals surface area contributed by atoms with Gasteiger partial charge in [-0.25, -0.2) is 0 Å². The molecule has 0 fully saturated rings. The van der Waals surface area contributed by atoms with Gasteiger partial charge in [-0.3, -0.25) is 4.79 Å². The van der Waals surface area contributed by atoms with Gasteiger partial charge in [0.2, 0.25) is 0 Å². The van der Waals surface area contributed by atoms with Crippen molar-refractivity contribution in [2.24, 2.45) is 0 Å². The molecule has 0 aliphatic carbocycles. The van der Waals surface area contributed by atoms with Crippen LogP contribution in [0, 0.1) is 0 Å². The van der Waals surface area contributed by atoms with E-state index in [1.807, 2.05) is 25.1 Å². The Morgan fingerprint density at radius 2 is 1.80 bits per heavy atom. The zero-order valence-electron chi connectivity index (χ0n) is 13.8. The monoisotopic (exact) mass is 383 g/mol. The predicted octanol–water partition coefficient (Wildman–Crippen LogP) is 3.97. The first kappa shape index (κ1) is 19.2. The average Bonchev–Trinajstić information content (AvgIpc) is 2.59. The Morgan fingerprint density at radius 1 is 1.04 bits per heavy atom. The third kappa shape index (κ3) is 6.72. The highest BCUT2D eigenvalue weighted by Crippen LogP contribution is 2.27. The van der Waals surface area contributed by atoms with Gasteiger partial charge in [0.25, 0.3) is 5.91 Å². The van der Waals surface area contributed by atoms with Gasteiger partial charge in [-0.2, -0.15) is 0 Å². The third-order valence-corrected chi connectivity index (χ3v) is 3.59. The molecule has 1 amide bonds. The normalized spacial score (nSPS) is 10.2. The summed E-state index contributed by atoms with van der Waals surface area (Å²) in [6.45, 7) is 3.07. The fraction of sp³-hybridized carbons (Fsp3) is 0.278. The van der Waals surface area contributed by atoms with E-state index in [0.717, 1.165) is 5.75 Å². The maximum atomic E-state index is 11.8. The maximum Gasteiger partial charge on any atom is 0.258 e. The molecule has 0 heterocycles. The van der Waals surface area contributed by atoms with Crippen LogP contribution >= 0.6 is 23.2 Å². The van der Waals surface area contributed by atoms with Crippen molar-refractivity contribution in [1.82, 2.24) is 5.32 Å². The molecule has 25 heavy (non-hydrogen) atoms. The highest BCUT2D eigenvalue weighted by Gasteiger charge is 2.06. The molecule has 0 saturated carbocycles. The van der Waals surface area contributed by atoms with Crippen molar-refractivity contribution in [3.05, 3.63) is 52.5 Å². The predicted molar refractivity (Wildman–Crippen MR) is 98.1 cm³/mol. The molecule has 0 atom stereocenters. The number of nitrogens with one attached hydrogen (secondary N) is 1. The molecule has 0 aliphatic rings. The average molecular weight is 384 g/mol. The molecule has 0 bridgehead atoms. The molecule has 0 spiro atoms. The van der Waals surface area contributed by atoms with Gasteiger partial charge in [-0.1, -0.05) is 29.3 Å². The summed E-state index contributed by atoms with van der Waals surface area (Å²) < 4.78 is 16.3. The lowest BCUT2D eigenvalue weighted by molar-refractivity contribution is -0.123. The SMILES string of the molecule is CCOc1cccc(OCCNC(=O)COc2ccc(Cl)cc2Cl)c1. The second-order valence-corrected chi connectivity index (χ2v) is 5.81. The summed E-state index contributed by atoms with van der Waals surface area (Å²) >= 11 is 11.8. The topological polar surface area (TPSA) is 56.8 Å². The number of amides is 1. The summed E-state index contributed by atoms with van der Waals surface area (Å²) in [5.74, 6) is 1.57. The molecule has 2 aromatic rings. The van der Waals surface area contributed by atoms with Gasteiger partial charge in [-0.15, -0.1) is 0 Å². The number of carbonyl (C=O) groups excluding carboxylic acids is 1. The Bertz CT molecular complexity index is 709. The number of halogens is 2. The van der Waals surface area contributed by atoms with Crippen LogP contribution in [0.3, 0.4) is 0 Å². The van der Waals surface area contributed by atoms with Crippen molar-refractivity contribution in [2.45, 2.75) is 6.92 Å². The van der Waals surface area contributed by atoms with Crippen LogP contribution in [-0.4, -0.2) is 32.3 Å². The Morgan fingerprint density at radius 3 is 2.52 bits per heavy atom. The van der Waals surface area contributed by atoms with Crippen molar-refractivity contribution in [1.29, 1.82) is 0 Å². The van der Waals surface area contributed by atoms with Gasteiger partial charge in [0.05, 0.1) is 18.2 Å². The van der Waals surface area contributed by atoms with Gasteiger partial charge in [0.1, 0.15) is 23.9 Å². The minimum atomic E-state index is -0.266. The molecule has 0 aromatic heterocycles. The van der Waals surface area contributed by atoms with E-state index >= 15 is 0 Å². The number of ether oxygens (including phenoxy) is 3. The molecule has 0 radical (unpaired) electrons. The fourth-order valence-electron chi connectivity index (χ4n) is 1.97. The molecule has 2 rings (SSSR count). The summed E-state index contributed by atoms with van der Waals surface area (Å²) in [6, 6.07) is 12.2. The molecule has 7 heteroatoms. The van der Waals surface area contributed by atoms with Crippen LogP contribution in [0.2, 0.25) is 10.0 Å². The number of hydrogen-bond acceptors (Lipinski definition) is 4. The zero-order chi connectivity index (χ0) is 18.1. The first-order valence-corrected chi connectivity index (χ1v) is 8.54.